The normalized spacial score (nSPS) is 12.8. The van der Waals surface area contributed by atoms with Crippen LogP contribution in [0.25, 0.3) is 84.9 Å². The van der Waals surface area contributed by atoms with E-state index in [1.807, 2.05) is 22.7 Å². The van der Waals surface area contributed by atoms with Gasteiger partial charge in [-0.1, -0.05) is 184 Å². The van der Waals surface area contributed by atoms with Crippen molar-refractivity contribution in [3.8, 4) is 44.5 Å². The Bertz CT molecular complexity index is 4080. The van der Waals surface area contributed by atoms with Crippen LogP contribution in [0.2, 0.25) is 0 Å². The Kier molecular flexibility index (Phi) is 9.95. The molecule has 0 atom stereocenters. The van der Waals surface area contributed by atoms with Gasteiger partial charge >= 0.3 is 0 Å². The molecule has 11 aromatic carbocycles. The van der Waals surface area contributed by atoms with E-state index in [9.17, 15) is 0 Å². The highest BCUT2D eigenvalue weighted by Gasteiger charge is 2.45. The minimum atomic E-state index is -0.0597. The number of hydrogen-bond donors (Lipinski definition) is 0. The first kappa shape index (κ1) is 43.1. The van der Waals surface area contributed by atoms with E-state index in [0.29, 0.717) is 0 Å². The van der Waals surface area contributed by atoms with Crippen LogP contribution in [0.4, 0.5) is 34.1 Å². The number of anilines is 6. The van der Waals surface area contributed by atoms with Crippen molar-refractivity contribution < 1.29 is 0 Å². The summed E-state index contributed by atoms with van der Waals surface area (Å²) in [6.07, 6.45) is 0. The molecule has 0 saturated heterocycles. The van der Waals surface area contributed by atoms with Crippen LogP contribution in [0.5, 0.6) is 0 Å². The third kappa shape index (κ3) is 6.77. The van der Waals surface area contributed by atoms with Gasteiger partial charge in [0.1, 0.15) is 0 Å². The van der Waals surface area contributed by atoms with E-state index >= 15 is 0 Å². The van der Waals surface area contributed by atoms with Gasteiger partial charge in [0.15, 0.2) is 0 Å². The fourth-order valence-electron chi connectivity index (χ4n) is 12.1. The Morgan fingerprint density at radius 2 is 0.703 bits per heavy atom. The third-order valence-electron chi connectivity index (χ3n) is 15.6. The van der Waals surface area contributed by atoms with Crippen LogP contribution >= 0.6 is 22.7 Å². The first-order chi connectivity index (χ1) is 36.5. The summed E-state index contributed by atoms with van der Waals surface area (Å²) in [6, 6.07) is 91.2. The van der Waals surface area contributed by atoms with Gasteiger partial charge < -0.3 is 9.80 Å². The Balaban J connectivity index is 1.09. The molecule has 74 heavy (non-hydrogen) atoms. The fraction of sp³-hybridized carbons (Fsp3) is 0.0435. The Labute approximate surface area is 439 Å². The van der Waals surface area contributed by atoms with Gasteiger partial charge in [-0.15, -0.1) is 22.7 Å². The SMILES string of the molecule is CC(C)c1cc2c3c(c1)N(c1ccc(-c4ccccc4)cc1-c1ccccc1)c1cc4c(cc1B3c1cc3sc5ccccc5c3cc1N2c1ccc(-c2ccccc2)cc1-c1ccccc1)sc1ccccc14. The van der Waals surface area contributed by atoms with Crippen LogP contribution in [0.1, 0.15) is 25.3 Å². The lowest BCUT2D eigenvalue weighted by molar-refractivity contribution is 0.866. The second-order valence-corrected chi connectivity index (χ2v) is 22.3. The lowest BCUT2D eigenvalue weighted by Gasteiger charge is -2.45. The highest BCUT2D eigenvalue weighted by molar-refractivity contribution is 7.26. The van der Waals surface area contributed by atoms with Crippen molar-refractivity contribution in [2.75, 3.05) is 9.80 Å². The molecule has 0 amide bonds. The fourth-order valence-corrected chi connectivity index (χ4v) is 14.4. The molecule has 15 rings (SSSR count). The molecule has 0 saturated carbocycles. The minimum Gasteiger partial charge on any atom is -0.311 e. The maximum absolute atomic E-state index is 2.65. The molecule has 0 spiro atoms. The van der Waals surface area contributed by atoms with Crippen molar-refractivity contribution in [3.63, 3.8) is 0 Å². The minimum absolute atomic E-state index is 0.0597. The second-order valence-electron chi connectivity index (χ2n) is 20.2. The summed E-state index contributed by atoms with van der Waals surface area (Å²) in [5, 5.41) is 5.19. The van der Waals surface area contributed by atoms with Crippen LogP contribution in [0, 0.1) is 0 Å². The quantitative estimate of drug-likeness (QED) is 0.147. The van der Waals surface area contributed by atoms with E-state index in [2.05, 4.69) is 266 Å². The monoisotopic (exact) mass is 978 g/mol. The largest absolute Gasteiger partial charge is 0.311 e. The first-order valence-electron chi connectivity index (χ1n) is 25.7. The van der Waals surface area contributed by atoms with E-state index in [-0.39, 0.29) is 12.6 Å². The standard InChI is InChI=1S/C69H47BN2S2/c1-43(2)50-37-63-69-64(38-50)72(60-34-32-49(45-21-9-4-10-22-45)36-54(60)47-25-13-6-14-26-47)62-40-56-52-28-16-18-30-66(52)74-68(56)42-58(62)70(69)57-41-67-55(51-27-15-17-29-65(51)73-67)39-61(57)71(63)59-33-31-48(44-19-7-3-8-20-44)35-53(59)46-23-11-5-12-24-46/h3-43H,1-2H3. The summed E-state index contributed by atoms with van der Waals surface area (Å²) >= 11 is 3.82. The molecule has 0 radical (unpaired) electrons. The molecule has 13 aromatic rings. The molecule has 348 valence electrons. The Hall–Kier alpha value is -8.48. The van der Waals surface area contributed by atoms with E-state index in [1.54, 1.807) is 0 Å². The molecule has 0 fully saturated rings. The number of hydrogen-bond acceptors (Lipinski definition) is 4. The zero-order valence-corrected chi connectivity index (χ0v) is 42.6. The molecule has 5 heteroatoms. The van der Waals surface area contributed by atoms with Crippen molar-refractivity contribution in [3.05, 3.63) is 248 Å². The molecule has 0 N–H and O–H groups in total. The number of nitrogens with zero attached hydrogens (tertiary/aromatic N) is 2. The number of thiophene rings is 2. The van der Waals surface area contributed by atoms with Gasteiger partial charge in [-0.25, -0.2) is 0 Å². The zero-order chi connectivity index (χ0) is 49.0. The van der Waals surface area contributed by atoms with Crippen LogP contribution in [-0.2, 0) is 0 Å². The lowest BCUT2D eigenvalue weighted by Crippen LogP contribution is -2.61. The number of benzene rings is 11. The molecule has 2 nitrogen and oxygen atoms in total. The smallest absolute Gasteiger partial charge is 0.252 e. The molecular weight excluding hydrogens is 932 g/mol. The maximum atomic E-state index is 2.65. The lowest BCUT2D eigenvalue weighted by atomic mass is 9.33. The second kappa shape index (κ2) is 17.1. The Morgan fingerprint density at radius 3 is 1.12 bits per heavy atom. The summed E-state index contributed by atoms with van der Waals surface area (Å²) < 4.78 is 5.24. The maximum Gasteiger partial charge on any atom is 0.252 e. The number of rotatable bonds is 7. The van der Waals surface area contributed by atoms with Crippen molar-refractivity contribution in [1.82, 2.24) is 0 Å². The number of fused-ring (bicyclic) bond motifs is 10. The van der Waals surface area contributed by atoms with Gasteiger partial charge in [0.05, 0.1) is 11.4 Å². The van der Waals surface area contributed by atoms with Gasteiger partial charge in [0.2, 0.25) is 0 Å². The molecule has 0 aliphatic carbocycles. The van der Waals surface area contributed by atoms with Crippen molar-refractivity contribution in [1.29, 1.82) is 0 Å². The summed E-state index contributed by atoms with van der Waals surface area (Å²) in [6.45, 7) is 4.64. The summed E-state index contributed by atoms with van der Waals surface area (Å²) in [5.74, 6) is 0.246. The van der Waals surface area contributed by atoms with Crippen LogP contribution in [0.3, 0.4) is 0 Å². The molecular formula is C69H47BN2S2. The van der Waals surface area contributed by atoms with E-state index in [1.165, 1.54) is 130 Å². The summed E-state index contributed by atoms with van der Waals surface area (Å²) in [5.41, 5.74) is 22.0. The van der Waals surface area contributed by atoms with Crippen molar-refractivity contribution >= 4 is 120 Å². The topological polar surface area (TPSA) is 6.48 Å². The average molecular weight is 979 g/mol. The highest BCUT2D eigenvalue weighted by atomic mass is 32.1. The zero-order valence-electron chi connectivity index (χ0n) is 41.0. The molecule has 4 heterocycles. The van der Waals surface area contributed by atoms with Gasteiger partial charge in [-0.05, 0) is 134 Å². The predicted octanol–water partition coefficient (Wildman–Crippen LogP) is 18.3. The summed E-state index contributed by atoms with van der Waals surface area (Å²) in [4.78, 5) is 5.30. The van der Waals surface area contributed by atoms with E-state index < -0.39 is 0 Å². The van der Waals surface area contributed by atoms with Crippen LogP contribution in [-0.4, -0.2) is 6.71 Å². The van der Waals surface area contributed by atoms with Gasteiger partial charge in [0, 0.05) is 74.2 Å². The molecule has 2 aliphatic rings. The molecule has 0 bridgehead atoms. The van der Waals surface area contributed by atoms with Crippen molar-refractivity contribution in [2.45, 2.75) is 19.8 Å². The van der Waals surface area contributed by atoms with Crippen LogP contribution < -0.4 is 26.2 Å². The molecule has 2 aliphatic heterocycles. The molecule has 2 aromatic heterocycles. The van der Waals surface area contributed by atoms with Crippen LogP contribution in [0.15, 0.2) is 243 Å². The highest BCUT2D eigenvalue weighted by Crippen LogP contribution is 2.52. The third-order valence-corrected chi connectivity index (χ3v) is 17.9. The summed E-state index contributed by atoms with van der Waals surface area (Å²) in [7, 11) is 0. The predicted molar refractivity (Wildman–Crippen MR) is 322 cm³/mol. The van der Waals surface area contributed by atoms with Gasteiger partial charge in [0.25, 0.3) is 6.71 Å². The first-order valence-corrected chi connectivity index (χ1v) is 27.3. The van der Waals surface area contributed by atoms with E-state index in [4.69, 9.17) is 0 Å². The average Bonchev–Trinajstić information content (AvgIpc) is 4.02. The van der Waals surface area contributed by atoms with Gasteiger partial charge in [-0.3, -0.25) is 0 Å². The Morgan fingerprint density at radius 1 is 0.311 bits per heavy atom. The van der Waals surface area contributed by atoms with E-state index in [0.717, 1.165) is 11.4 Å². The van der Waals surface area contributed by atoms with Gasteiger partial charge in [-0.2, -0.15) is 0 Å². The molecule has 0 unspecified atom stereocenters. The van der Waals surface area contributed by atoms with Crippen molar-refractivity contribution in [2.24, 2.45) is 0 Å².